The summed E-state index contributed by atoms with van der Waals surface area (Å²) in [4.78, 5) is 18.7. The fraction of sp³-hybridized carbons (Fsp3) is 0.500. The average molecular weight is 385 g/mol. The number of amides is 1. The highest BCUT2D eigenvalue weighted by Crippen LogP contribution is 2.30. The first kappa shape index (κ1) is 17.7. The molecular weight excluding hydrogens is 364 g/mol. The van der Waals surface area contributed by atoms with Gasteiger partial charge in [-0.3, -0.25) is 4.79 Å². The van der Waals surface area contributed by atoms with Crippen molar-refractivity contribution < 1.29 is 13.2 Å². The zero-order valence-electron chi connectivity index (χ0n) is 13.6. The van der Waals surface area contributed by atoms with E-state index in [0.717, 1.165) is 15.2 Å². The Morgan fingerprint density at radius 2 is 2.21 bits per heavy atom. The summed E-state index contributed by atoms with van der Waals surface area (Å²) >= 11 is 3.06. The normalized spacial score (nSPS) is 21.0. The molecule has 0 spiro atoms. The molecule has 0 saturated carbocycles. The highest BCUT2D eigenvalue weighted by Gasteiger charge is 2.29. The Balaban J connectivity index is 1.60. The predicted molar refractivity (Wildman–Crippen MR) is 100 cm³/mol. The van der Waals surface area contributed by atoms with Crippen molar-refractivity contribution in [2.75, 3.05) is 24.3 Å². The van der Waals surface area contributed by atoms with Gasteiger partial charge in [0.1, 0.15) is 5.01 Å². The molecule has 1 aromatic carbocycles. The monoisotopic (exact) mass is 384 g/mol. The molecule has 2 heterocycles. The van der Waals surface area contributed by atoms with Gasteiger partial charge < -0.3 is 4.90 Å². The summed E-state index contributed by atoms with van der Waals surface area (Å²) in [6, 6.07) is 7.85. The molecule has 24 heavy (non-hydrogen) atoms. The minimum atomic E-state index is -2.89. The van der Waals surface area contributed by atoms with E-state index in [-0.39, 0.29) is 28.7 Å². The van der Waals surface area contributed by atoms with Crippen molar-refractivity contribution in [2.24, 2.45) is 0 Å². The van der Waals surface area contributed by atoms with Crippen molar-refractivity contribution in [3.63, 3.8) is 0 Å². The van der Waals surface area contributed by atoms with E-state index in [1.165, 1.54) is 11.8 Å². The van der Waals surface area contributed by atoms with Crippen molar-refractivity contribution >= 4 is 49.1 Å². The van der Waals surface area contributed by atoms with E-state index in [9.17, 15) is 13.2 Å². The summed E-state index contributed by atoms with van der Waals surface area (Å²) in [6.45, 7) is 1.97. The van der Waals surface area contributed by atoms with Crippen LogP contribution in [0.25, 0.3) is 10.2 Å². The number of carbonyl (C=O) groups is 1. The third kappa shape index (κ3) is 3.92. The molecule has 1 aliphatic heterocycles. The van der Waals surface area contributed by atoms with E-state index in [0.29, 0.717) is 12.2 Å². The summed E-state index contributed by atoms with van der Waals surface area (Å²) in [5.74, 6) is 0.765. The number of thioether (sulfide) groups is 1. The van der Waals surface area contributed by atoms with E-state index < -0.39 is 9.84 Å². The zero-order chi connectivity index (χ0) is 17.3. The molecule has 8 heteroatoms. The fourth-order valence-electron chi connectivity index (χ4n) is 2.63. The van der Waals surface area contributed by atoms with Crippen LogP contribution in [-0.2, 0) is 14.6 Å². The molecule has 1 fully saturated rings. The lowest BCUT2D eigenvalue weighted by Crippen LogP contribution is -2.31. The molecule has 3 rings (SSSR count). The topological polar surface area (TPSA) is 67.3 Å². The summed E-state index contributed by atoms with van der Waals surface area (Å²) in [5.41, 5.74) is 0.954. The molecule has 0 N–H and O–H groups in total. The van der Waals surface area contributed by atoms with E-state index in [2.05, 4.69) is 4.98 Å². The highest BCUT2D eigenvalue weighted by atomic mass is 32.2. The van der Waals surface area contributed by atoms with Crippen LogP contribution in [-0.4, -0.2) is 53.8 Å². The number of nitrogens with zero attached hydrogens (tertiary/aromatic N) is 2. The van der Waals surface area contributed by atoms with Gasteiger partial charge >= 0.3 is 0 Å². The maximum atomic E-state index is 12.4. The fourth-order valence-corrected chi connectivity index (χ4v) is 7.26. The van der Waals surface area contributed by atoms with Crippen LogP contribution in [0.1, 0.15) is 24.4 Å². The van der Waals surface area contributed by atoms with Gasteiger partial charge in [0.2, 0.25) is 5.91 Å². The number of fused-ring (bicyclic) bond motifs is 1. The van der Waals surface area contributed by atoms with Crippen molar-refractivity contribution in [3.8, 4) is 0 Å². The molecule has 130 valence electrons. The lowest BCUT2D eigenvalue weighted by molar-refractivity contribution is -0.128. The first-order valence-corrected chi connectivity index (χ1v) is 11.5. The highest BCUT2D eigenvalue weighted by molar-refractivity contribution is 8.02. The molecule has 0 aliphatic carbocycles. The number of aromatic nitrogens is 1. The lowest BCUT2D eigenvalue weighted by Gasteiger charge is -2.23. The van der Waals surface area contributed by atoms with E-state index in [4.69, 9.17) is 0 Å². The summed E-state index contributed by atoms with van der Waals surface area (Å²) < 4.78 is 24.1. The Morgan fingerprint density at radius 3 is 2.88 bits per heavy atom. The van der Waals surface area contributed by atoms with Gasteiger partial charge in [0.15, 0.2) is 9.84 Å². The van der Waals surface area contributed by atoms with Crippen LogP contribution in [0.2, 0.25) is 0 Å². The molecule has 0 bridgehead atoms. The van der Waals surface area contributed by atoms with Crippen LogP contribution >= 0.6 is 23.1 Å². The number of thiazole rings is 1. The van der Waals surface area contributed by atoms with Crippen LogP contribution in [0.4, 0.5) is 0 Å². The van der Waals surface area contributed by atoms with E-state index >= 15 is 0 Å². The second kappa shape index (κ2) is 7.01. The first-order chi connectivity index (χ1) is 11.4. The molecule has 1 aromatic heterocycles. The van der Waals surface area contributed by atoms with Crippen LogP contribution in [0.5, 0.6) is 0 Å². The Bertz CT molecular complexity index is 814. The molecule has 1 aliphatic rings. The van der Waals surface area contributed by atoms with Gasteiger partial charge in [-0.1, -0.05) is 12.1 Å². The standard InChI is InChI=1S/C16H20N2O3S3/c1-11(16-17-13-5-3-4-6-14(13)23-16)18(2)15(19)9-22-12-7-8-24(20,21)10-12/h3-6,11-12H,7-10H2,1-2H3/t11-,12+/m1/s1. The van der Waals surface area contributed by atoms with Gasteiger partial charge in [-0.25, -0.2) is 13.4 Å². The second-order valence-electron chi connectivity index (χ2n) is 6.04. The summed E-state index contributed by atoms with van der Waals surface area (Å²) in [5, 5.41) is 0.964. The van der Waals surface area contributed by atoms with Gasteiger partial charge in [0.25, 0.3) is 0 Å². The van der Waals surface area contributed by atoms with Gasteiger partial charge in [-0.15, -0.1) is 23.1 Å². The molecule has 2 aromatic rings. The smallest absolute Gasteiger partial charge is 0.232 e. The Morgan fingerprint density at radius 1 is 1.46 bits per heavy atom. The molecular formula is C16H20N2O3S3. The maximum Gasteiger partial charge on any atom is 0.232 e. The van der Waals surface area contributed by atoms with Crippen LogP contribution in [0, 0.1) is 0 Å². The summed E-state index contributed by atoms with van der Waals surface area (Å²) in [7, 11) is -1.11. The third-order valence-electron chi connectivity index (χ3n) is 4.28. The van der Waals surface area contributed by atoms with Crippen molar-refractivity contribution in [3.05, 3.63) is 29.3 Å². The number of hydrogen-bond acceptors (Lipinski definition) is 6. The Labute approximate surface area is 150 Å². The minimum absolute atomic E-state index is 0.0102. The number of para-hydroxylation sites is 1. The van der Waals surface area contributed by atoms with Gasteiger partial charge in [0, 0.05) is 12.3 Å². The Kier molecular flexibility index (Phi) is 5.17. The largest absolute Gasteiger partial charge is 0.336 e. The number of sulfone groups is 1. The number of carbonyl (C=O) groups excluding carboxylic acids is 1. The van der Waals surface area contributed by atoms with E-state index in [1.807, 2.05) is 31.2 Å². The third-order valence-corrected chi connectivity index (χ3v) is 8.75. The quantitative estimate of drug-likeness (QED) is 0.793. The van der Waals surface area contributed by atoms with Crippen molar-refractivity contribution in [2.45, 2.75) is 24.6 Å². The molecule has 2 atom stereocenters. The molecule has 1 amide bonds. The van der Waals surface area contributed by atoms with Crippen LogP contribution in [0.3, 0.4) is 0 Å². The van der Waals surface area contributed by atoms with Crippen molar-refractivity contribution in [1.29, 1.82) is 0 Å². The van der Waals surface area contributed by atoms with Crippen molar-refractivity contribution in [1.82, 2.24) is 9.88 Å². The maximum absolute atomic E-state index is 12.4. The predicted octanol–water partition coefficient (Wildman–Crippen LogP) is 2.74. The summed E-state index contributed by atoms with van der Waals surface area (Å²) in [6.07, 6.45) is 0.650. The van der Waals surface area contributed by atoms with E-state index in [1.54, 1.807) is 23.3 Å². The molecule has 1 saturated heterocycles. The van der Waals surface area contributed by atoms with Gasteiger partial charge in [0.05, 0.1) is 33.5 Å². The molecule has 0 unspecified atom stereocenters. The van der Waals surface area contributed by atoms with Crippen LogP contribution in [0.15, 0.2) is 24.3 Å². The number of hydrogen-bond donors (Lipinski definition) is 0. The molecule has 5 nitrogen and oxygen atoms in total. The molecule has 0 radical (unpaired) electrons. The van der Waals surface area contributed by atoms with Gasteiger partial charge in [-0.2, -0.15) is 0 Å². The second-order valence-corrected chi connectivity index (χ2v) is 10.6. The zero-order valence-corrected chi connectivity index (χ0v) is 16.1. The first-order valence-electron chi connectivity index (χ1n) is 7.79. The number of benzene rings is 1. The number of rotatable bonds is 5. The lowest BCUT2D eigenvalue weighted by atomic mass is 10.3. The SMILES string of the molecule is C[C@H](c1nc2ccccc2s1)N(C)C(=O)CS[C@H]1CCS(=O)(=O)C1. The van der Waals surface area contributed by atoms with Gasteiger partial charge in [-0.05, 0) is 25.5 Å². The minimum Gasteiger partial charge on any atom is -0.336 e. The average Bonchev–Trinajstić information content (AvgIpc) is 3.13. The Hall–Kier alpha value is -1.12. The van der Waals surface area contributed by atoms with Crippen LogP contribution < -0.4 is 0 Å².